The van der Waals surface area contributed by atoms with Crippen molar-refractivity contribution in [2.24, 2.45) is 0 Å². The van der Waals surface area contributed by atoms with Crippen molar-refractivity contribution in [2.75, 3.05) is 11.5 Å². The van der Waals surface area contributed by atoms with Crippen LogP contribution in [-0.4, -0.2) is 28.4 Å². The van der Waals surface area contributed by atoms with Gasteiger partial charge < -0.3 is 14.3 Å². The van der Waals surface area contributed by atoms with Crippen molar-refractivity contribution in [1.82, 2.24) is 4.98 Å². The monoisotopic (exact) mass is 410 g/mol. The summed E-state index contributed by atoms with van der Waals surface area (Å²) in [6.45, 7) is 2.53. The average Bonchev–Trinajstić information content (AvgIpc) is 3.48. The van der Waals surface area contributed by atoms with Gasteiger partial charge in [0, 0.05) is 17.1 Å². The van der Waals surface area contributed by atoms with Crippen molar-refractivity contribution in [3.63, 3.8) is 0 Å². The van der Waals surface area contributed by atoms with E-state index < -0.39 is 17.7 Å². The van der Waals surface area contributed by atoms with E-state index in [0.29, 0.717) is 28.8 Å². The van der Waals surface area contributed by atoms with E-state index in [9.17, 15) is 14.7 Å². The van der Waals surface area contributed by atoms with E-state index in [1.807, 2.05) is 6.92 Å². The molecule has 3 heterocycles. The van der Waals surface area contributed by atoms with Gasteiger partial charge in [0.15, 0.2) is 5.13 Å². The number of benzene rings is 1. The highest BCUT2D eigenvalue weighted by atomic mass is 32.1. The number of hydrogen-bond acceptors (Lipinski definition) is 7. The molecule has 1 fully saturated rings. The van der Waals surface area contributed by atoms with Crippen LogP contribution in [0.5, 0.6) is 5.75 Å². The van der Waals surface area contributed by atoms with Gasteiger partial charge in [-0.1, -0.05) is 19.1 Å². The van der Waals surface area contributed by atoms with Gasteiger partial charge in [-0.05, 0) is 30.7 Å². The number of ketones is 1. The Bertz CT molecular complexity index is 1060. The number of amides is 1. The molecule has 7 nitrogen and oxygen atoms in total. The Morgan fingerprint density at radius 3 is 2.86 bits per heavy atom. The van der Waals surface area contributed by atoms with Crippen LogP contribution in [0, 0.1) is 0 Å². The fraction of sp³-hybridized carbons (Fsp3) is 0.190. The molecule has 1 saturated heterocycles. The molecule has 0 radical (unpaired) electrons. The predicted octanol–water partition coefficient (Wildman–Crippen LogP) is 4.15. The smallest absolute Gasteiger partial charge is 0.302 e. The van der Waals surface area contributed by atoms with Gasteiger partial charge in [-0.25, -0.2) is 4.98 Å². The summed E-state index contributed by atoms with van der Waals surface area (Å²) < 4.78 is 11.1. The van der Waals surface area contributed by atoms with Crippen molar-refractivity contribution in [3.05, 3.63) is 71.1 Å². The Labute approximate surface area is 170 Å². The second kappa shape index (κ2) is 7.92. The number of thiazole rings is 1. The zero-order chi connectivity index (χ0) is 20.4. The molecule has 0 bridgehead atoms. The minimum absolute atomic E-state index is 0.0483. The molecule has 29 heavy (non-hydrogen) atoms. The van der Waals surface area contributed by atoms with Gasteiger partial charge in [0.1, 0.15) is 23.3 Å². The predicted molar refractivity (Wildman–Crippen MR) is 108 cm³/mol. The van der Waals surface area contributed by atoms with Crippen LogP contribution in [0.1, 0.15) is 30.7 Å². The number of nitrogens with zero attached hydrogens (tertiary/aromatic N) is 2. The van der Waals surface area contributed by atoms with E-state index in [2.05, 4.69) is 4.98 Å². The third kappa shape index (κ3) is 3.42. The largest absolute Gasteiger partial charge is 0.507 e. The molecular weight excluding hydrogens is 392 g/mol. The number of carbonyl (C=O) groups is 2. The molecule has 1 atom stereocenters. The van der Waals surface area contributed by atoms with E-state index in [-0.39, 0.29) is 11.3 Å². The van der Waals surface area contributed by atoms with Crippen LogP contribution in [0.25, 0.3) is 5.76 Å². The summed E-state index contributed by atoms with van der Waals surface area (Å²) in [5, 5.41) is 13.1. The summed E-state index contributed by atoms with van der Waals surface area (Å²) in [6.07, 6.45) is 3.84. The van der Waals surface area contributed by atoms with Gasteiger partial charge >= 0.3 is 5.91 Å². The first-order valence-electron chi connectivity index (χ1n) is 9.09. The number of furan rings is 1. The summed E-state index contributed by atoms with van der Waals surface area (Å²) in [7, 11) is 0. The Balaban J connectivity index is 1.84. The maximum atomic E-state index is 12.9. The number of Topliss-reactive ketones (excluding diaryl/α,β-unsaturated/α-hetero) is 1. The van der Waals surface area contributed by atoms with Crippen molar-refractivity contribution in [2.45, 2.75) is 19.4 Å². The Morgan fingerprint density at radius 1 is 1.31 bits per heavy atom. The van der Waals surface area contributed by atoms with Gasteiger partial charge in [-0.2, -0.15) is 0 Å². The number of hydrogen-bond donors (Lipinski definition) is 1. The lowest BCUT2D eigenvalue weighted by Gasteiger charge is -2.20. The van der Waals surface area contributed by atoms with Crippen molar-refractivity contribution < 1.29 is 23.8 Å². The highest BCUT2D eigenvalue weighted by Gasteiger charge is 2.49. The maximum absolute atomic E-state index is 12.9. The molecule has 4 rings (SSSR count). The van der Waals surface area contributed by atoms with Crippen LogP contribution < -0.4 is 9.64 Å². The summed E-state index contributed by atoms with van der Waals surface area (Å²) in [6, 6.07) is 9.20. The van der Waals surface area contributed by atoms with Crippen LogP contribution >= 0.6 is 11.3 Å². The van der Waals surface area contributed by atoms with Crippen molar-refractivity contribution in [3.8, 4) is 5.75 Å². The van der Waals surface area contributed by atoms with E-state index in [4.69, 9.17) is 9.15 Å². The normalized spacial score (nSPS) is 18.4. The van der Waals surface area contributed by atoms with Gasteiger partial charge in [0.25, 0.3) is 5.78 Å². The number of rotatable bonds is 6. The zero-order valence-corrected chi connectivity index (χ0v) is 16.4. The van der Waals surface area contributed by atoms with E-state index in [0.717, 1.165) is 6.42 Å². The Kier molecular flexibility index (Phi) is 5.18. The van der Waals surface area contributed by atoms with E-state index >= 15 is 0 Å². The number of carbonyl (C=O) groups excluding carboxylic acids is 2. The average molecular weight is 410 g/mol. The van der Waals surface area contributed by atoms with Crippen LogP contribution in [0.4, 0.5) is 5.13 Å². The molecule has 2 aromatic heterocycles. The number of aliphatic hydroxyl groups excluding tert-OH is 1. The van der Waals surface area contributed by atoms with Crippen LogP contribution in [0.2, 0.25) is 0 Å². The van der Waals surface area contributed by atoms with Crippen molar-refractivity contribution in [1.29, 1.82) is 0 Å². The van der Waals surface area contributed by atoms with Gasteiger partial charge in [0.2, 0.25) is 0 Å². The number of anilines is 1. The summed E-state index contributed by atoms with van der Waals surface area (Å²) in [5.74, 6) is -0.912. The quantitative estimate of drug-likeness (QED) is 0.373. The molecule has 1 N–H and O–H groups in total. The fourth-order valence-corrected chi connectivity index (χ4v) is 3.86. The molecule has 1 unspecified atom stereocenters. The van der Waals surface area contributed by atoms with E-state index in [1.54, 1.807) is 48.0 Å². The molecule has 0 aliphatic carbocycles. The fourth-order valence-electron chi connectivity index (χ4n) is 3.19. The van der Waals surface area contributed by atoms with Crippen LogP contribution in [0.3, 0.4) is 0 Å². The zero-order valence-electron chi connectivity index (χ0n) is 15.6. The Morgan fingerprint density at radius 2 is 2.17 bits per heavy atom. The standard InChI is InChI=1S/C21H18N2O5S/c1-2-9-27-14-6-3-5-13(12-14)18(24)16-17(15-7-4-10-28-15)23(20(26)19(16)25)21-22-8-11-29-21/h3-8,10-12,17,24H,2,9H2,1H3. The summed E-state index contributed by atoms with van der Waals surface area (Å²) >= 11 is 1.22. The first-order valence-corrected chi connectivity index (χ1v) is 9.97. The van der Waals surface area contributed by atoms with Crippen molar-refractivity contribution >= 4 is 33.9 Å². The minimum Gasteiger partial charge on any atom is -0.507 e. The second-order valence-corrected chi connectivity index (χ2v) is 7.25. The third-order valence-corrected chi connectivity index (χ3v) is 5.23. The molecule has 1 aromatic carbocycles. The van der Waals surface area contributed by atoms with Gasteiger partial charge in [-0.3, -0.25) is 14.5 Å². The SMILES string of the molecule is CCCOc1cccc(C(O)=C2C(=O)C(=O)N(c3nccs3)C2c2ccco2)c1. The molecule has 0 spiro atoms. The van der Waals surface area contributed by atoms with Crippen LogP contribution in [0.15, 0.2) is 64.2 Å². The van der Waals surface area contributed by atoms with Gasteiger partial charge in [-0.15, -0.1) is 11.3 Å². The van der Waals surface area contributed by atoms with Crippen LogP contribution in [-0.2, 0) is 9.59 Å². The first-order chi connectivity index (χ1) is 14.1. The lowest BCUT2D eigenvalue weighted by molar-refractivity contribution is -0.132. The molecule has 1 aliphatic rings. The maximum Gasteiger partial charge on any atom is 0.302 e. The third-order valence-electron chi connectivity index (χ3n) is 4.46. The molecule has 1 aliphatic heterocycles. The Hall–Kier alpha value is -3.39. The number of aromatic nitrogens is 1. The topological polar surface area (TPSA) is 92.9 Å². The lowest BCUT2D eigenvalue weighted by Crippen LogP contribution is -2.29. The molecule has 0 saturated carbocycles. The highest BCUT2D eigenvalue weighted by molar-refractivity contribution is 7.14. The number of ether oxygens (including phenoxy) is 1. The number of aliphatic hydroxyl groups is 1. The van der Waals surface area contributed by atoms with E-state index in [1.165, 1.54) is 22.5 Å². The molecule has 8 heteroatoms. The molecular formula is C21H18N2O5S. The highest BCUT2D eigenvalue weighted by Crippen LogP contribution is 2.42. The molecule has 148 valence electrons. The lowest BCUT2D eigenvalue weighted by atomic mass is 9.99. The second-order valence-electron chi connectivity index (χ2n) is 6.38. The minimum atomic E-state index is -0.906. The first kappa shape index (κ1) is 18.9. The molecule has 1 amide bonds. The summed E-state index contributed by atoms with van der Waals surface area (Å²) in [4.78, 5) is 31.1. The molecule has 3 aromatic rings. The van der Waals surface area contributed by atoms with Gasteiger partial charge in [0.05, 0.1) is 18.4 Å². The summed E-state index contributed by atoms with van der Waals surface area (Å²) in [5.41, 5.74) is 0.333.